The minimum atomic E-state index is -3.65. The molecule has 0 heterocycles. The topological polar surface area (TPSA) is 34.1 Å². The summed E-state index contributed by atoms with van der Waals surface area (Å²) in [5, 5.41) is 0. The molecule has 254 valence electrons. The van der Waals surface area contributed by atoms with Crippen LogP contribution in [0.1, 0.15) is 112 Å². The van der Waals surface area contributed by atoms with Gasteiger partial charge in [0.1, 0.15) is 0 Å². The molecule has 45 heavy (non-hydrogen) atoms. The molecule has 0 N–H and O–H groups in total. The van der Waals surface area contributed by atoms with E-state index in [0.717, 1.165) is 5.56 Å². The molecule has 0 aliphatic heterocycles. The van der Waals surface area contributed by atoms with Crippen molar-refractivity contribution in [3.63, 3.8) is 0 Å². The summed E-state index contributed by atoms with van der Waals surface area (Å²) in [5.74, 6) is 0. The summed E-state index contributed by atoms with van der Waals surface area (Å²) in [4.78, 5) is 3.05. The molecular formula is C36H51ClI3O2S3-. The maximum absolute atomic E-state index is 11.4. The van der Waals surface area contributed by atoms with Crippen molar-refractivity contribution in [2.24, 2.45) is 0 Å². The number of benzene rings is 3. The number of rotatable bonds is 4. The summed E-state index contributed by atoms with van der Waals surface area (Å²) in [6, 6.07) is 13.2. The third kappa shape index (κ3) is 13.6. The Kier molecular flexibility index (Phi) is 17.2. The Hall–Kier alpha value is 0.790. The summed E-state index contributed by atoms with van der Waals surface area (Å²) in [5.41, 5.74) is 11.3. The fraction of sp³-hybridized carbons (Fsp3) is 0.500. The van der Waals surface area contributed by atoms with Gasteiger partial charge in [-0.1, -0.05) is 120 Å². The summed E-state index contributed by atoms with van der Waals surface area (Å²) in [6.45, 7) is 32.5. The van der Waals surface area contributed by atoms with Crippen molar-refractivity contribution in [1.82, 2.24) is 0 Å². The Morgan fingerprint density at radius 3 is 0.911 bits per heavy atom. The van der Waals surface area contributed by atoms with Gasteiger partial charge in [-0.15, -0.1) is 0 Å². The van der Waals surface area contributed by atoms with Crippen molar-refractivity contribution >= 4 is 78.6 Å². The van der Waals surface area contributed by atoms with Crippen molar-refractivity contribution in [3.05, 3.63) is 86.5 Å². The molecule has 3 aromatic rings. The number of halogens is 4. The quantitative estimate of drug-likeness (QED) is 0.148. The summed E-state index contributed by atoms with van der Waals surface area (Å²) >= 11 is 5.30. The first-order chi connectivity index (χ1) is 20.2. The predicted molar refractivity (Wildman–Crippen MR) is 217 cm³/mol. The van der Waals surface area contributed by atoms with Gasteiger partial charge < -0.3 is 0 Å². The number of aryl methyl sites for hydroxylation is 6. The molecule has 3 aromatic carbocycles. The molecule has 0 amide bonds. The van der Waals surface area contributed by atoms with Crippen LogP contribution in [0.3, 0.4) is 0 Å². The molecule has 0 radical (unpaired) electrons. The maximum atomic E-state index is 11.4. The Morgan fingerprint density at radius 2 is 0.733 bits per heavy atom. The minimum absolute atomic E-state index is 0.00409. The van der Waals surface area contributed by atoms with Crippen LogP contribution in [-0.2, 0) is 25.3 Å². The van der Waals surface area contributed by atoms with Gasteiger partial charge in [0.05, 0.1) is 4.90 Å². The second-order valence-corrected chi connectivity index (χ2v) is 35.6. The summed E-state index contributed by atoms with van der Waals surface area (Å²) in [7, 11) is 5.56. The van der Waals surface area contributed by atoms with Gasteiger partial charge in [0.2, 0.25) is 0 Å². The molecule has 2 nitrogen and oxygen atoms in total. The van der Waals surface area contributed by atoms with Crippen LogP contribution in [-0.4, -0.2) is 8.42 Å². The molecular weight excluding hydrogens is 977 g/mol. The van der Waals surface area contributed by atoms with E-state index in [1.165, 1.54) is 43.2 Å². The first-order valence-corrected chi connectivity index (χ1v) is 31.8. The van der Waals surface area contributed by atoms with E-state index in [9.17, 15) is 8.42 Å². The fourth-order valence-corrected chi connectivity index (χ4v) is 9.50. The molecule has 0 aromatic heterocycles. The summed E-state index contributed by atoms with van der Waals surface area (Å²) in [6.07, 6.45) is 0. The van der Waals surface area contributed by atoms with Crippen LogP contribution >= 0.6 is 69.5 Å². The van der Waals surface area contributed by atoms with Crippen LogP contribution in [0.4, 0.5) is 0 Å². The van der Waals surface area contributed by atoms with Gasteiger partial charge in [0.25, 0.3) is 9.05 Å². The SMILES string of the molecule is Cc1cc(C(C)(C)C)cc(C)c1S(=O)(=O)Cl.Cc1cc(C(C)(C)C)cc(C)c1SSc1c(C)cc(C(C)(C)C)cc1C.I[I-]I. The van der Waals surface area contributed by atoms with Gasteiger partial charge in [-0.2, -0.15) is 0 Å². The molecule has 0 aliphatic rings. The Labute approximate surface area is 317 Å². The second-order valence-electron chi connectivity index (χ2n) is 14.7. The Balaban J connectivity index is 0.000000455. The zero-order valence-electron chi connectivity index (χ0n) is 29.5. The van der Waals surface area contributed by atoms with Crippen molar-refractivity contribution in [2.45, 2.75) is 135 Å². The summed E-state index contributed by atoms with van der Waals surface area (Å²) < 4.78 is 22.8. The van der Waals surface area contributed by atoms with Crippen LogP contribution in [0.25, 0.3) is 0 Å². The van der Waals surface area contributed by atoms with Crippen molar-refractivity contribution in [1.29, 1.82) is 0 Å². The van der Waals surface area contributed by atoms with E-state index in [0.29, 0.717) is 24.4 Å². The van der Waals surface area contributed by atoms with E-state index in [1.807, 2.05) is 33.7 Å². The second kappa shape index (κ2) is 17.6. The third-order valence-electron chi connectivity index (χ3n) is 7.43. The zero-order valence-corrected chi connectivity index (χ0v) is 39.2. The average molecular weight is 1030 g/mol. The van der Waals surface area contributed by atoms with Gasteiger partial charge in [0, 0.05) is 20.5 Å². The van der Waals surface area contributed by atoms with Crippen LogP contribution in [0, 0.1) is 41.5 Å². The van der Waals surface area contributed by atoms with Crippen LogP contribution < -0.4 is 13.3 Å². The first-order valence-electron chi connectivity index (χ1n) is 14.8. The molecule has 0 spiro atoms. The van der Waals surface area contributed by atoms with Crippen LogP contribution in [0.2, 0.25) is 0 Å². The fourth-order valence-electron chi connectivity index (χ4n) is 4.88. The number of hydrogen-bond acceptors (Lipinski definition) is 4. The van der Waals surface area contributed by atoms with Gasteiger partial charge in [-0.3, -0.25) is 0 Å². The van der Waals surface area contributed by atoms with Gasteiger partial charge >= 0.3 is 50.5 Å². The van der Waals surface area contributed by atoms with Crippen molar-refractivity contribution in [2.75, 3.05) is 0 Å². The van der Waals surface area contributed by atoms with E-state index in [-0.39, 0.29) is 21.1 Å². The van der Waals surface area contributed by atoms with Crippen molar-refractivity contribution < 1.29 is 21.7 Å². The molecule has 0 unspecified atom stereocenters. The average Bonchev–Trinajstić information content (AvgIpc) is 2.82. The molecule has 0 atom stereocenters. The molecule has 0 aliphatic carbocycles. The van der Waals surface area contributed by atoms with E-state index >= 15 is 0 Å². The van der Waals surface area contributed by atoms with E-state index in [2.05, 4.69) is 152 Å². The van der Waals surface area contributed by atoms with Crippen LogP contribution in [0.15, 0.2) is 51.1 Å². The van der Waals surface area contributed by atoms with Gasteiger partial charge in [-0.05, 0) is 108 Å². The monoisotopic (exact) mass is 1030 g/mol. The first kappa shape index (κ1) is 43.8. The van der Waals surface area contributed by atoms with Crippen molar-refractivity contribution in [3.8, 4) is 0 Å². The normalized spacial score (nSPS) is 12.3. The standard InChI is InChI=1S/C24H34S2.C12H17ClO2S.I3/c1-15-11-19(23(5,6)7)12-16(2)21(15)25-26-22-17(3)13-20(14-18(22)4)24(8,9)10;1-8-6-10(12(3,4)5)7-9(2)11(8)16(13,14)15;1-3-2/h11-14H,1-10H3;6-7H,1-5H3;/q;;-1. The van der Waals surface area contributed by atoms with Gasteiger partial charge in [0.15, 0.2) is 0 Å². The van der Waals surface area contributed by atoms with E-state index in [4.69, 9.17) is 10.7 Å². The zero-order chi connectivity index (χ0) is 35.3. The van der Waals surface area contributed by atoms with E-state index < -0.39 is 9.05 Å². The van der Waals surface area contributed by atoms with Gasteiger partial charge in [-0.25, -0.2) is 8.42 Å². The molecule has 9 heteroatoms. The molecule has 3 rings (SSSR count). The van der Waals surface area contributed by atoms with E-state index in [1.54, 1.807) is 13.8 Å². The number of hydrogen-bond donors (Lipinski definition) is 0. The molecule has 0 fully saturated rings. The third-order valence-corrected chi connectivity index (χ3v) is 12.0. The molecule has 0 saturated heterocycles. The Bertz CT molecular complexity index is 1440. The molecule has 0 bridgehead atoms. The molecule has 0 saturated carbocycles. The van der Waals surface area contributed by atoms with Crippen LogP contribution in [0.5, 0.6) is 0 Å². The Morgan fingerprint density at radius 1 is 0.533 bits per heavy atom. The predicted octanol–water partition coefficient (Wildman–Crippen LogP) is 10.6.